The summed E-state index contributed by atoms with van der Waals surface area (Å²) in [7, 11) is 1.71. The summed E-state index contributed by atoms with van der Waals surface area (Å²) in [5.41, 5.74) is -0.214. The van der Waals surface area contributed by atoms with Crippen LogP contribution in [0.1, 0.15) is 10.4 Å². The molecule has 0 saturated carbocycles. The minimum absolute atomic E-state index is 0.0845. The van der Waals surface area contributed by atoms with Gasteiger partial charge in [-0.05, 0) is 12.1 Å². The highest BCUT2D eigenvalue weighted by atomic mass is 19.1. The maximum atomic E-state index is 13.5. The van der Waals surface area contributed by atoms with Gasteiger partial charge in [-0.3, -0.25) is 4.68 Å². The van der Waals surface area contributed by atoms with Crippen molar-refractivity contribution in [3.8, 4) is 0 Å². The number of aryl methyl sites for hydroxylation is 1. The van der Waals surface area contributed by atoms with Crippen LogP contribution in [0.15, 0.2) is 30.5 Å². The van der Waals surface area contributed by atoms with Crippen LogP contribution in [0, 0.1) is 5.82 Å². The molecular formula is C11H10FN3O2. The van der Waals surface area contributed by atoms with Crippen molar-refractivity contribution in [1.29, 1.82) is 0 Å². The molecule has 0 fully saturated rings. The highest BCUT2D eigenvalue weighted by molar-refractivity contribution is 5.95. The van der Waals surface area contributed by atoms with Gasteiger partial charge in [0.25, 0.3) is 0 Å². The van der Waals surface area contributed by atoms with Gasteiger partial charge in [-0.25, -0.2) is 9.18 Å². The van der Waals surface area contributed by atoms with Gasteiger partial charge in [0, 0.05) is 19.3 Å². The number of halogens is 1. The molecule has 1 aromatic heterocycles. The maximum absolute atomic E-state index is 13.5. The summed E-state index contributed by atoms with van der Waals surface area (Å²) < 4.78 is 15.1. The molecule has 1 heterocycles. The van der Waals surface area contributed by atoms with E-state index in [-0.39, 0.29) is 11.3 Å². The molecule has 6 heteroatoms. The first-order valence-electron chi connectivity index (χ1n) is 4.86. The van der Waals surface area contributed by atoms with Crippen LogP contribution in [0.3, 0.4) is 0 Å². The van der Waals surface area contributed by atoms with E-state index in [1.807, 2.05) is 0 Å². The first-order chi connectivity index (χ1) is 8.08. The number of benzene rings is 1. The third-order valence-corrected chi connectivity index (χ3v) is 2.21. The highest BCUT2D eigenvalue weighted by Crippen LogP contribution is 2.23. The zero-order valence-electron chi connectivity index (χ0n) is 9.01. The minimum atomic E-state index is -1.19. The Bertz CT molecular complexity index is 566. The predicted molar refractivity (Wildman–Crippen MR) is 59.9 cm³/mol. The number of carboxylic acid groups (broad SMARTS) is 1. The van der Waals surface area contributed by atoms with Gasteiger partial charge in [0.1, 0.15) is 5.82 Å². The number of anilines is 2. The monoisotopic (exact) mass is 235 g/mol. The van der Waals surface area contributed by atoms with Crippen molar-refractivity contribution in [3.63, 3.8) is 0 Å². The summed E-state index contributed by atoms with van der Waals surface area (Å²) in [5, 5.41) is 15.6. The lowest BCUT2D eigenvalue weighted by atomic mass is 10.1. The van der Waals surface area contributed by atoms with Crippen molar-refractivity contribution in [1.82, 2.24) is 9.78 Å². The number of aromatic nitrogens is 2. The maximum Gasteiger partial charge on any atom is 0.337 e. The fourth-order valence-corrected chi connectivity index (χ4v) is 1.44. The molecule has 88 valence electrons. The van der Waals surface area contributed by atoms with Crippen LogP contribution >= 0.6 is 0 Å². The number of aromatic carboxylic acids is 1. The molecule has 17 heavy (non-hydrogen) atoms. The number of carboxylic acids is 1. The number of hydrogen-bond donors (Lipinski definition) is 2. The van der Waals surface area contributed by atoms with Gasteiger partial charge in [-0.15, -0.1) is 0 Å². The molecule has 5 nitrogen and oxygen atoms in total. The normalized spacial score (nSPS) is 10.2. The predicted octanol–water partition coefficient (Wildman–Crippen LogP) is 2.00. The molecule has 0 radical (unpaired) electrons. The number of para-hydroxylation sites is 1. The van der Waals surface area contributed by atoms with Crippen LogP contribution in [0.5, 0.6) is 0 Å². The SMILES string of the molecule is Cn1ccc(Nc2c(F)cccc2C(=O)O)n1. The largest absolute Gasteiger partial charge is 0.478 e. The van der Waals surface area contributed by atoms with Gasteiger partial charge in [-0.2, -0.15) is 5.10 Å². The van der Waals surface area contributed by atoms with E-state index in [4.69, 9.17) is 5.11 Å². The molecule has 2 N–H and O–H groups in total. The van der Waals surface area contributed by atoms with Crippen LogP contribution in [-0.2, 0) is 7.05 Å². The smallest absolute Gasteiger partial charge is 0.337 e. The molecule has 0 spiro atoms. The number of nitrogens with one attached hydrogen (secondary N) is 1. The van der Waals surface area contributed by atoms with Crippen LogP contribution in [0.4, 0.5) is 15.9 Å². The summed E-state index contributed by atoms with van der Waals surface area (Å²) in [6, 6.07) is 5.49. The van der Waals surface area contributed by atoms with Gasteiger partial charge < -0.3 is 10.4 Å². The average molecular weight is 235 g/mol. The number of hydrogen-bond acceptors (Lipinski definition) is 3. The Morgan fingerprint density at radius 3 is 2.82 bits per heavy atom. The Morgan fingerprint density at radius 1 is 1.47 bits per heavy atom. The van der Waals surface area contributed by atoms with Crippen molar-refractivity contribution in [2.75, 3.05) is 5.32 Å². The van der Waals surface area contributed by atoms with Crippen molar-refractivity contribution in [3.05, 3.63) is 41.8 Å². The van der Waals surface area contributed by atoms with E-state index in [2.05, 4.69) is 10.4 Å². The first-order valence-corrected chi connectivity index (χ1v) is 4.86. The summed E-state index contributed by atoms with van der Waals surface area (Å²) in [5.74, 6) is -1.43. The summed E-state index contributed by atoms with van der Waals surface area (Å²) >= 11 is 0. The van der Waals surface area contributed by atoms with Crippen molar-refractivity contribution < 1.29 is 14.3 Å². The molecule has 2 aromatic rings. The van der Waals surface area contributed by atoms with Gasteiger partial charge in [0.2, 0.25) is 0 Å². The molecule has 0 aliphatic rings. The third-order valence-electron chi connectivity index (χ3n) is 2.21. The summed E-state index contributed by atoms with van der Waals surface area (Å²) in [6.07, 6.45) is 1.67. The molecular weight excluding hydrogens is 225 g/mol. The summed E-state index contributed by atoms with van der Waals surface area (Å²) in [6.45, 7) is 0. The second-order valence-electron chi connectivity index (χ2n) is 3.47. The molecule has 0 atom stereocenters. The lowest BCUT2D eigenvalue weighted by Crippen LogP contribution is -2.05. The van der Waals surface area contributed by atoms with Crippen LogP contribution in [0.2, 0.25) is 0 Å². The second kappa shape index (κ2) is 4.25. The number of nitrogens with zero attached hydrogens (tertiary/aromatic N) is 2. The Morgan fingerprint density at radius 2 is 2.24 bits per heavy atom. The topological polar surface area (TPSA) is 67.2 Å². The van der Waals surface area contributed by atoms with Crippen LogP contribution in [-0.4, -0.2) is 20.9 Å². The van der Waals surface area contributed by atoms with Crippen LogP contribution in [0.25, 0.3) is 0 Å². The zero-order valence-corrected chi connectivity index (χ0v) is 9.01. The lowest BCUT2D eigenvalue weighted by molar-refractivity contribution is 0.0697. The Kier molecular flexibility index (Phi) is 2.78. The fraction of sp³-hybridized carbons (Fsp3) is 0.0909. The van der Waals surface area contributed by atoms with E-state index >= 15 is 0 Å². The zero-order chi connectivity index (χ0) is 12.4. The number of carbonyl (C=O) groups is 1. The Labute approximate surface area is 96.5 Å². The van der Waals surface area contributed by atoms with Gasteiger partial charge in [0.05, 0.1) is 11.3 Å². The molecule has 0 bridgehead atoms. The fourth-order valence-electron chi connectivity index (χ4n) is 1.44. The van der Waals surface area contributed by atoms with Crippen LogP contribution < -0.4 is 5.32 Å². The molecule has 0 aliphatic carbocycles. The first kappa shape index (κ1) is 11.1. The lowest BCUT2D eigenvalue weighted by Gasteiger charge is -2.07. The van der Waals surface area contributed by atoms with Gasteiger partial charge in [-0.1, -0.05) is 6.07 Å². The second-order valence-corrected chi connectivity index (χ2v) is 3.47. The van der Waals surface area contributed by atoms with Crippen molar-refractivity contribution >= 4 is 17.5 Å². The molecule has 0 amide bonds. The van der Waals surface area contributed by atoms with E-state index in [1.165, 1.54) is 22.9 Å². The average Bonchev–Trinajstić information content (AvgIpc) is 2.67. The van der Waals surface area contributed by atoms with Gasteiger partial charge >= 0.3 is 5.97 Å². The van der Waals surface area contributed by atoms with Crippen molar-refractivity contribution in [2.24, 2.45) is 7.05 Å². The summed E-state index contributed by atoms with van der Waals surface area (Å²) in [4.78, 5) is 10.9. The minimum Gasteiger partial charge on any atom is -0.478 e. The number of rotatable bonds is 3. The van der Waals surface area contributed by atoms with Crippen molar-refractivity contribution in [2.45, 2.75) is 0 Å². The van der Waals surface area contributed by atoms with E-state index in [0.29, 0.717) is 5.82 Å². The molecule has 0 aliphatic heterocycles. The van der Waals surface area contributed by atoms with E-state index in [9.17, 15) is 9.18 Å². The standard InChI is InChI=1S/C11H10FN3O2/c1-15-6-5-9(14-15)13-10-7(11(16)17)3-2-4-8(10)12/h2-6H,1H3,(H,13,14)(H,16,17). The third kappa shape index (κ3) is 2.25. The molecule has 1 aromatic carbocycles. The highest BCUT2D eigenvalue weighted by Gasteiger charge is 2.14. The molecule has 2 rings (SSSR count). The molecule has 0 unspecified atom stereocenters. The Balaban J connectivity index is 2.40. The molecule has 0 saturated heterocycles. The van der Waals surface area contributed by atoms with E-state index in [0.717, 1.165) is 0 Å². The Hall–Kier alpha value is -2.37. The quantitative estimate of drug-likeness (QED) is 0.853. The van der Waals surface area contributed by atoms with Gasteiger partial charge in [0.15, 0.2) is 5.82 Å². The van der Waals surface area contributed by atoms with E-state index < -0.39 is 11.8 Å². The van der Waals surface area contributed by atoms with E-state index in [1.54, 1.807) is 19.3 Å².